The van der Waals surface area contributed by atoms with Crippen LogP contribution >= 0.6 is 0 Å². The molecule has 0 radical (unpaired) electrons. The van der Waals surface area contributed by atoms with Gasteiger partial charge in [0, 0.05) is 36.5 Å². The molecule has 0 spiro atoms. The van der Waals surface area contributed by atoms with Crippen molar-refractivity contribution in [3.63, 3.8) is 0 Å². The Morgan fingerprint density at radius 3 is 2.17 bits per heavy atom. The monoisotopic (exact) mass is 392 g/mol. The van der Waals surface area contributed by atoms with Gasteiger partial charge in [-0.1, -0.05) is 30.3 Å². The molecule has 0 atom stereocenters. The van der Waals surface area contributed by atoms with Crippen molar-refractivity contribution in [2.45, 2.75) is 20.3 Å². The lowest BCUT2D eigenvalue weighted by Crippen LogP contribution is -2.42. The average molecular weight is 392 g/mol. The van der Waals surface area contributed by atoms with E-state index in [2.05, 4.69) is 18.7 Å². The second-order valence-corrected chi connectivity index (χ2v) is 6.77. The number of anilines is 1. The van der Waals surface area contributed by atoms with E-state index in [-0.39, 0.29) is 13.0 Å². The van der Waals surface area contributed by atoms with Crippen LogP contribution < -0.4 is 4.90 Å². The second kappa shape index (κ2) is 8.73. The maximum Gasteiger partial charge on any atom is 0.305 e. The number of imide groups is 1. The van der Waals surface area contributed by atoms with Crippen LogP contribution in [0.3, 0.4) is 0 Å². The van der Waals surface area contributed by atoms with Gasteiger partial charge in [0.2, 0.25) is 0 Å². The number of fused-ring (bicyclic) bond motifs is 1. The first-order chi connectivity index (χ1) is 14.0. The summed E-state index contributed by atoms with van der Waals surface area (Å²) in [5.74, 6) is -1.98. The first kappa shape index (κ1) is 20.3. The number of carbonyl (C=O) groups excluding carboxylic acids is 2. The van der Waals surface area contributed by atoms with E-state index < -0.39 is 17.8 Å². The van der Waals surface area contributed by atoms with E-state index in [0.717, 1.165) is 29.2 Å². The summed E-state index contributed by atoms with van der Waals surface area (Å²) in [5, 5.41) is 8.96. The molecule has 1 aliphatic heterocycles. The van der Waals surface area contributed by atoms with E-state index in [4.69, 9.17) is 5.11 Å². The van der Waals surface area contributed by atoms with Crippen molar-refractivity contribution in [2.75, 3.05) is 24.5 Å². The van der Waals surface area contributed by atoms with Crippen molar-refractivity contribution in [3.8, 4) is 0 Å². The van der Waals surface area contributed by atoms with Crippen LogP contribution in [0.2, 0.25) is 0 Å². The van der Waals surface area contributed by atoms with Gasteiger partial charge in [0.25, 0.3) is 11.8 Å². The van der Waals surface area contributed by atoms with Gasteiger partial charge < -0.3 is 10.0 Å². The summed E-state index contributed by atoms with van der Waals surface area (Å²) >= 11 is 0. The number of benzene rings is 2. The fourth-order valence-electron chi connectivity index (χ4n) is 3.49. The lowest BCUT2D eigenvalue weighted by molar-refractivity contribution is -0.137. The van der Waals surface area contributed by atoms with E-state index in [1.165, 1.54) is 0 Å². The highest BCUT2D eigenvalue weighted by Crippen LogP contribution is 2.30. The topological polar surface area (TPSA) is 77.9 Å². The molecular weight excluding hydrogens is 368 g/mol. The van der Waals surface area contributed by atoms with Crippen LogP contribution in [-0.2, 0) is 9.59 Å². The van der Waals surface area contributed by atoms with Gasteiger partial charge in [-0.05, 0) is 49.2 Å². The lowest BCUT2D eigenvalue weighted by Gasteiger charge is -2.28. The van der Waals surface area contributed by atoms with Crippen LogP contribution in [0.1, 0.15) is 41.8 Å². The van der Waals surface area contributed by atoms with Crippen LogP contribution in [0.4, 0.5) is 5.69 Å². The number of amides is 2. The van der Waals surface area contributed by atoms with Gasteiger partial charge in [-0.15, -0.1) is 0 Å². The minimum Gasteiger partial charge on any atom is -0.481 e. The molecule has 6 nitrogen and oxygen atoms in total. The van der Waals surface area contributed by atoms with Gasteiger partial charge in [0.05, 0.1) is 6.42 Å². The van der Waals surface area contributed by atoms with E-state index in [1.807, 2.05) is 24.3 Å². The Kier molecular flexibility index (Phi) is 6.12. The molecule has 6 heteroatoms. The molecule has 29 heavy (non-hydrogen) atoms. The molecule has 0 aliphatic carbocycles. The fourth-order valence-corrected chi connectivity index (χ4v) is 3.49. The Hall–Kier alpha value is -3.41. The largest absolute Gasteiger partial charge is 0.481 e. The third-order valence-electron chi connectivity index (χ3n) is 5.05. The Morgan fingerprint density at radius 2 is 1.59 bits per heavy atom. The molecule has 1 N–H and O–H groups in total. The third-order valence-corrected chi connectivity index (χ3v) is 5.05. The molecule has 0 saturated carbocycles. The zero-order valence-electron chi connectivity index (χ0n) is 16.6. The van der Waals surface area contributed by atoms with Crippen molar-refractivity contribution in [2.24, 2.45) is 0 Å². The quantitative estimate of drug-likeness (QED) is 0.576. The average Bonchev–Trinajstić information content (AvgIpc) is 2.73. The van der Waals surface area contributed by atoms with E-state index in [0.29, 0.717) is 16.7 Å². The number of hydrogen-bond donors (Lipinski definition) is 1. The number of nitrogens with zero attached hydrogens (tertiary/aromatic N) is 2. The third kappa shape index (κ3) is 4.21. The van der Waals surface area contributed by atoms with Crippen molar-refractivity contribution in [1.82, 2.24) is 4.90 Å². The highest BCUT2D eigenvalue weighted by molar-refractivity contribution is 6.33. The molecule has 2 aromatic rings. The summed E-state index contributed by atoms with van der Waals surface area (Å²) < 4.78 is 0. The molecule has 1 aliphatic rings. The van der Waals surface area contributed by atoms with Crippen molar-refractivity contribution in [1.29, 1.82) is 0 Å². The van der Waals surface area contributed by atoms with Crippen LogP contribution in [0.15, 0.2) is 48.5 Å². The van der Waals surface area contributed by atoms with Crippen LogP contribution in [0, 0.1) is 0 Å². The SMILES string of the molecule is CCN(CC)c1ccc(/C=C2\C(=O)N(CCC(=O)O)C(=O)c3ccccc32)cc1. The zero-order chi connectivity index (χ0) is 21.0. The maximum absolute atomic E-state index is 13.0. The Labute approximate surface area is 170 Å². The van der Waals surface area contributed by atoms with Gasteiger partial charge in [-0.25, -0.2) is 0 Å². The molecule has 3 rings (SSSR count). The number of hydrogen-bond acceptors (Lipinski definition) is 4. The highest BCUT2D eigenvalue weighted by atomic mass is 16.4. The van der Waals surface area contributed by atoms with Crippen molar-refractivity contribution >= 4 is 35.1 Å². The molecule has 0 unspecified atom stereocenters. The fraction of sp³-hybridized carbons (Fsp3) is 0.261. The summed E-state index contributed by atoms with van der Waals surface area (Å²) in [6, 6.07) is 14.8. The summed E-state index contributed by atoms with van der Waals surface area (Å²) in [4.78, 5) is 39.9. The molecule has 150 valence electrons. The smallest absolute Gasteiger partial charge is 0.305 e. The highest BCUT2D eigenvalue weighted by Gasteiger charge is 2.34. The summed E-state index contributed by atoms with van der Waals surface area (Å²) in [6.07, 6.45) is 1.47. The van der Waals surface area contributed by atoms with Gasteiger partial charge in [0.15, 0.2) is 0 Å². The van der Waals surface area contributed by atoms with Gasteiger partial charge in [0.1, 0.15) is 0 Å². The molecule has 0 aromatic heterocycles. The summed E-state index contributed by atoms with van der Waals surface area (Å²) in [5.41, 5.74) is 3.31. The van der Waals surface area contributed by atoms with Crippen LogP contribution in [0.25, 0.3) is 11.6 Å². The number of rotatable bonds is 7. The molecule has 2 amide bonds. The Morgan fingerprint density at radius 1 is 0.966 bits per heavy atom. The maximum atomic E-state index is 13.0. The van der Waals surface area contributed by atoms with E-state index >= 15 is 0 Å². The first-order valence-electron chi connectivity index (χ1n) is 9.70. The molecule has 2 aromatic carbocycles. The van der Waals surface area contributed by atoms with Gasteiger partial charge in [-0.3, -0.25) is 19.3 Å². The molecule has 1 heterocycles. The van der Waals surface area contributed by atoms with Gasteiger partial charge >= 0.3 is 5.97 Å². The minimum atomic E-state index is -1.05. The summed E-state index contributed by atoms with van der Waals surface area (Å²) in [7, 11) is 0. The molecule has 0 fully saturated rings. The Bertz CT molecular complexity index is 959. The lowest BCUT2D eigenvalue weighted by atomic mass is 9.92. The molecule has 0 saturated heterocycles. The van der Waals surface area contributed by atoms with Crippen LogP contribution in [0.5, 0.6) is 0 Å². The van der Waals surface area contributed by atoms with E-state index in [9.17, 15) is 14.4 Å². The molecular formula is C23H24N2O4. The number of carboxylic acid groups (broad SMARTS) is 1. The predicted octanol–water partition coefficient (Wildman–Crippen LogP) is 3.53. The Balaban J connectivity index is 2.00. The summed E-state index contributed by atoms with van der Waals surface area (Å²) in [6.45, 7) is 5.85. The predicted molar refractivity (Wildman–Crippen MR) is 113 cm³/mol. The van der Waals surface area contributed by atoms with Crippen molar-refractivity contribution < 1.29 is 19.5 Å². The standard InChI is InChI=1S/C23H24N2O4/c1-3-24(4-2)17-11-9-16(10-12-17)15-20-18-7-5-6-8-19(18)22(28)25(23(20)29)14-13-21(26)27/h5-12,15H,3-4,13-14H2,1-2H3,(H,26,27)/b20-15-. The second-order valence-electron chi connectivity index (χ2n) is 6.77. The van der Waals surface area contributed by atoms with Crippen LogP contribution in [-0.4, -0.2) is 47.4 Å². The zero-order valence-corrected chi connectivity index (χ0v) is 16.6. The number of aliphatic carboxylic acids is 1. The normalized spacial score (nSPS) is 14.8. The van der Waals surface area contributed by atoms with Crippen molar-refractivity contribution in [3.05, 3.63) is 65.2 Å². The number of carboxylic acids is 1. The van der Waals surface area contributed by atoms with E-state index in [1.54, 1.807) is 30.3 Å². The van der Waals surface area contributed by atoms with Gasteiger partial charge in [-0.2, -0.15) is 0 Å². The first-order valence-corrected chi connectivity index (χ1v) is 9.70. The molecule has 0 bridgehead atoms. The minimum absolute atomic E-state index is 0.153. The number of carbonyl (C=O) groups is 3.